The smallest absolute Gasteiger partial charge is 0.261 e. The maximum absolute atomic E-state index is 12.9. The van der Waals surface area contributed by atoms with Gasteiger partial charge in [0.25, 0.3) is 5.56 Å². The van der Waals surface area contributed by atoms with Gasteiger partial charge in [-0.3, -0.25) is 9.36 Å². The van der Waals surface area contributed by atoms with Crippen molar-refractivity contribution in [1.29, 1.82) is 0 Å². The molecule has 3 nitrogen and oxygen atoms in total. The molecule has 0 N–H and O–H groups in total. The highest BCUT2D eigenvalue weighted by Gasteiger charge is 2.22. The first-order valence-electron chi connectivity index (χ1n) is 7.33. The fourth-order valence-electron chi connectivity index (χ4n) is 3.35. The molecule has 1 aliphatic heterocycles. The van der Waals surface area contributed by atoms with E-state index >= 15 is 0 Å². The van der Waals surface area contributed by atoms with E-state index in [-0.39, 0.29) is 5.56 Å². The van der Waals surface area contributed by atoms with Crippen molar-refractivity contribution in [2.24, 2.45) is 0 Å². The normalized spacial score (nSPS) is 12.5. The SMILES string of the molecule is O=c1c2ccc3ccccc3c2nc2n1Cc1ccccc1-2. The monoisotopic (exact) mass is 284 g/mol. The van der Waals surface area contributed by atoms with Crippen molar-refractivity contribution in [3.63, 3.8) is 0 Å². The molecule has 0 saturated heterocycles. The lowest BCUT2D eigenvalue weighted by Gasteiger charge is -2.07. The Kier molecular flexibility index (Phi) is 2.15. The van der Waals surface area contributed by atoms with Gasteiger partial charge in [-0.1, -0.05) is 54.6 Å². The van der Waals surface area contributed by atoms with Crippen molar-refractivity contribution < 1.29 is 0 Å². The highest BCUT2D eigenvalue weighted by atomic mass is 16.1. The zero-order chi connectivity index (χ0) is 14.7. The number of rotatable bonds is 0. The van der Waals surface area contributed by atoms with E-state index < -0.39 is 0 Å². The molecule has 2 heterocycles. The molecule has 0 atom stereocenters. The lowest BCUT2D eigenvalue weighted by atomic mass is 10.1. The van der Waals surface area contributed by atoms with Crippen LogP contribution in [0.2, 0.25) is 0 Å². The minimum absolute atomic E-state index is 0.0435. The van der Waals surface area contributed by atoms with Gasteiger partial charge in [-0.2, -0.15) is 0 Å². The van der Waals surface area contributed by atoms with E-state index in [1.807, 2.05) is 48.5 Å². The molecule has 0 fully saturated rings. The molecule has 0 unspecified atom stereocenters. The van der Waals surface area contributed by atoms with E-state index in [4.69, 9.17) is 4.98 Å². The van der Waals surface area contributed by atoms with Crippen molar-refractivity contribution in [2.45, 2.75) is 6.54 Å². The average molecular weight is 284 g/mol. The molecular weight excluding hydrogens is 272 g/mol. The number of fused-ring (bicyclic) bond motifs is 6. The third kappa shape index (κ3) is 1.40. The zero-order valence-corrected chi connectivity index (χ0v) is 11.8. The van der Waals surface area contributed by atoms with E-state index in [1.165, 1.54) is 0 Å². The molecule has 0 spiro atoms. The number of hydrogen-bond acceptors (Lipinski definition) is 2. The van der Waals surface area contributed by atoms with E-state index in [0.717, 1.165) is 33.2 Å². The van der Waals surface area contributed by atoms with Gasteiger partial charge < -0.3 is 0 Å². The van der Waals surface area contributed by atoms with E-state index in [0.29, 0.717) is 11.9 Å². The van der Waals surface area contributed by atoms with Crippen molar-refractivity contribution in [2.75, 3.05) is 0 Å². The van der Waals surface area contributed by atoms with Crippen LogP contribution >= 0.6 is 0 Å². The summed E-state index contributed by atoms with van der Waals surface area (Å²) in [5.41, 5.74) is 3.06. The van der Waals surface area contributed by atoms with Gasteiger partial charge in [0.15, 0.2) is 0 Å². The molecule has 0 bridgehead atoms. The number of hydrogen-bond donors (Lipinski definition) is 0. The predicted molar refractivity (Wildman–Crippen MR) is 88.0 cm³/mol. The summed E-state index contributed by atoms with van der Waals surface area (Å²) in [6.45, 7) is 0.611. The maximum Gasteiger partial charge on any atom is 0.261 e. The van der Waals surface area contributed by atoms with Crippen molar-refractivity contribution in [3.05, 3.63) is 76.6 Å². The van der Waals surface area contributed by atoms with Crippen LogP contribution in [0.25, 0.3) is 33.1 Å². The van der Waals surface area contributed by atoms with Crippen molar-refractivity contribution >= 4 is 21.7 Å². The van der Waals surface area contributed by atoms with Crippen LogP contribution in [-0.4, -0.2) is 9.55 Å². The molecule has 0 amide bonds. The first-order valence-corrected chi connectivity index (χ1v) is 7.33. The lowest BCUT2D eigenvalue weighted by Crippen LogP contribution is -2.20. The molecule has 3 heteroatoms. The molecule has 0 aliphatic carbocycles. The van der Waals surface area contributed by atoms with Gasteiger partial charge >= 0.3 is 0 Å². The maximum atomic E-state index is 12.9. The highest BCUT2D eigenvalue weighted by molar-refractivity contribution is 6.05. The van der Waals surface area contributed by atoms with E-state index in [1.54, 1.807) is 4.57 Å². The van der Waals surface area contributed by atoms with Gasteiger partial charge in [0.05, 0.1) is 17.4 Å². The fourth-order valence-corrected chi connectivity index (χ4v) is 3.35. The van der Waals surface area contributed by atoms with Gasteiger partial charge in [0, 0.05) is 10.9 Å². The summed E-state index contributed by atoms with van der Waals surface area (Å²) in [4.78, 5) is 17.7. The van der Waals surface area contributed by atoms with Crippen LogP contribution in [0.5, 0.6) is 0 Å². The number of benzene rings is 3. The van der Waals surface area contributed by atoms with Crippen LogP contribution in [0.3, 0.4) is 0 Å². The van der Waals surface area contributed by atoms with Gasteiger partial charge in [0.1, 0.15) is 5.82 Å². The molecular formula is C19H12N2O. The lowest BCUT2D eigenvalue weighted by molar-refractivity contribution is 0.797. The Morgan fingerprint density at radius 1 is 0.864 bits per heavy atom. The quantitative estimate of drug-likeness (QED) is 0.407. The predicted octanol–water partition coefficient (Wildman–Crippen LogP) is 3.58. The molecule has 22 heavy (non-hydrogen) atoms. The summed E-state index contributed by atoms with van der Waals surface area (Å²) in [7, 11) is 0. The number of aromatic nitrogens is 2. The topological polar surface area (TPSA) is 34.9 Å². The molecule has 104 valence electrons. The summed E-state index contributed by atoms with van der Waals surface area (Å²) in [5.74, 6) is 0.782. The second-order valence-corrected chi connectivity index (χ2v) is 5.67. The standard InChI is InChI=1S/C19H12N2O/c22-19-16-10-9-12-5-1-3-7-14(12)17(16)20-18-15-8-4-2-6-13(15)11-21(18)19/h1-10H,11H2. The minimum atomic E-state index is 0.0435. The van der Waals surface area contributed by atoms with Crippen LogP contribution in [0.4, 0.5) is 0 Å². The first-order chi connectivity index (χ1) is 10.8. The van der Waals surface area contributed by atoms with Crippen molar-refractivity contribution in [3.8, 4) is 11.4 Å². The Labute approximate surface area is 126 Å². The zero-order valence-electron chi connectivity index (χ0n) is 11.8. The molecule has 3 aromatic carbocycles. The van der Waals surface area contributed by atoms with Gasteiger partial charge in [-0.25, -0.2) is 4.98 Å². The minimum Gasteiger partial charge on any atom is -0.288 e. The second kappa shape index (κ2) is 4.04. The van der Waals surface area contributed by atoms with Crippen LogP contribution in [0.1, 0.15) is 5.56 Å². The third-order valence-electron chi connectivity index (χ3n) is 4.44. The largest absolute Gasteiger partial charge is 0.288 e. The summed E-state index contributed by atoms with van der Waals surface area (Å²) in [6.07, 6.45) is 0. The van der Waals surface area contributed by atoms with Gasteiger partial charge in [-0.15, -0.1) is 0 Å². The summed E-state index contributed by atoms with van der Waals surface area (Å²) in [5, 5.41) is 2.83. The molecule has 0 saturated carbocycles. The summed E-state index contributed by atoms with van der Waals surface area (Å²) in [6, 6.07) is 20.1. The third-order valence-corrected chi connectivity index (χ3v) is 4.44. The van der Waals surface area contributed by atoms with Crippen molar-refractivity contribution in [1.82, 2.24) is 9.55 Å². The van der Waals surface area contributed by atoms with Crippen LogP contribution in [0, 0.1) is 0 Å². The molecule has 1 aromatic heterocycles. The van der Waals surface area contributed by atoms with Gasteiger partial charge in [-0.05, 0) is 17.0 Å². The average Bonchev–Trinajstić information content (AvgIpc) is 2.94. The Morgan fingerprint density at radius 2 is 1.68 bits per heavy atom. The Hall–Kier alpha value is -2.94. The highest BCUT2D eigenvalue weighted by Crippen LogP contribution is 2.31. The second-order valence-electron chi connectivity index (χ2n) is 5.67. The Morgan fingerprint density at radius 3 is 2.64 bits per heavy atom. The van der Waals surface area contributed by atoms with Crippen LogP contribution < -0.4 is 5.56 Å². The summed E-state index contributed by atoms with van der Waals surface area (Å²) < 4.78 is 1.78. The Bertz CT molecular complexity index is 1130. The van der Waals surface area contributed by atoms with Crippen LogP contribution in [0.15, 0.2) is 65.5 Å². The first kappa shape index (κ1) is 11.7. The fraction of sp³-hybridized carbons (Fsp3) is 0.0526. The molecule has 5 rings (SSSR count). The summed E-state index contributed by atoms with van der Waals surface area (Å²) >= 11 is 0. The van der Waals surface area contributed by atoms with E-state index in [2.05, 4.69) is 12.1 Å². The van der Waals surface area contributed by atoms with Gasteiger partial charge in [0.2, 0.25) is 0 Å². The molecule has 4 aromatic rings. The molecule has 0 radical (unpaired) electrons. The van der Waals surface area contributed by atoms with E-state index in [9.17, 15) is 4.79 Å². The molecule has 1 aliphatic rings. The van der Waals surface area contributed by atoms with Crippen LogP contribution in [-0.2, 0) is 6.54 Å². The Balaban J connectivity index is 1.99. The number of nitrogens with zero attached hydrogens (tertiary/aromatic N) is 2.